The molecule has 8 heteroatoms. The summed E-state index contributed by atoms with van der Waals surface area (Å²) in [6, 6.07) is -0.0198. The molecule has 148 valence electrons. The third-order valence-electron chi connectivity index (χ3n) is 4.15. The Morgan fingerprint density at radius 3 is 2.04 bits per heavy atom. The van der Waals surface area contributed by atoms with E-state index in [1.54, 1.807) is 0 Å². The highest BCUT2D eigenvalue weighted by atomic mass is 16.2. The molecule has 0 unspecified atom stereocenters. The number of rotatable bonds is 16. The number of likely N-dealkylation sites (N-methyl/N-ethyl adjacent to an activating group) is 2. The van der Waals surface area contributed by atoms with Crippen molar-refractivity contribution in [2.24, 2.45) is 0 Å². The zero-order chi connectivity index (χ0) is 18.9. The molecule has 25 heavy (non-hydrogen) atoms. The normalized spacial score (nSPS) is 13.3. The molecule has 0 aromatic heterocycles. The molecule has 0 saturated carbocycles. The third kappa shape index (κ3) is 12.7. The zero-order valence-corrected chi connectivity index (χ0v) is 16.3. The van der Waals surface area contributed by atoms with E-state index in [2.05, 4.69) is 31.9 Å². The van der Waals surface area contributed by atoms with Gasteiger partial charge in [0.2, 0.25) is 11.8 Å². The van der Waals surface area contributed by atoms with Gasteiger partial charge in [-0.05, 0) is 60.4 Å². The van der Waals surface area contributed by atoms with Crippen LogP contribution in [0.1, 0.15) is 32.1 Å². The minimum absolute atomic E-state index is 0.0458. The van der Waals surface area contributed by atoms with Crippen molar-refractivity contribution in [1.29, 1.82) is 0 Å². The van der Waals surface area contributed by atoms with Crippen molar-refractivity contribution < 1.29 is 9.59 Å². The van der Waals surface area contributed by atoms with Crippen molar-refractivity contribution in [2.75, 3.05) is 54.4 Å². The highest BCUT2D eigenvalue weighted by Gasteiger charge is 2.16. The maximum atomic E-state index is 12.1. The van der Waals surface area contributed by atoms with Gasteiger partial charge >= 0.3 is 0 Å². The summed E-state index contributed by atoms with van der Waals surface area (Å²) in [5.74, 6) is 0.0998. The number of hydrogen-bond donors (Lipinski definition) is 6. The lowest BCUT2D eigenvalue weighted by Crippen LogP contribution is -2.43. The summed E-state index contributed by atoms with van der Waals surface area (Å²) in [4.78, 5) is 23.9. The maximum absolute atomic E-state index is 12.1. The molecule has 0 aliphatic heterocycles. The number of carbonyl (C=O) groups excluding carboxylic acids is 2. The molecule has 2 amide bonds. The first-order chi connectivity index (χ1) is 12.1. The zero-order valence-electron chi connectivity index (χ0n) is 16.3. The van der Waals surface area contributed by atoms with Gasteiger partial charge in [0.1, 0.15) is 0 Å². The molecule has 0 radical (unpaired) electrons. The van der Waals surface area contributed by atoms with Gasteiger partial charge in [-0.25, -0.2) is 0 Å². The summed E-state index contributed by atoms with van der Waals surface area (Å²) in [6.07, 6.45) is 3.92. The molecule has 8 nitrogen and oxygen atoms in total. The minimum atomic E-state index is -0.147. The second-order valence-electron chi connectivity index (χ2n) is 6.16. The maximum Gasteiger partial charge on any atom is 0.237 e. The van der Waals surface area contributed by atoms with E-state index in [4.69, 9.17) is 0 Å². The largest absolute Gasteiger partial charge is 0.355 e. The Morgan fingerprint density at radius 1 is 0.760 bits per heavy atom. The van der Waals surface area contributed by atoms with E-state index in [-0.39, 0.29) is 23.9 Å². The minimum Gasteiger partial charge on any atom is -0.355 e. The highest BCUT2D eigenvalue weighted by Crippen LogP contribution is 2.02. The van der Waals surface area contributed by atoms with Gasteiger partial charge in [0.15, 0.2) is 0 Å². The fourth-order valence-electron chi connectivity index (χ4n) is 2.54. The van der Waals surface area contributed by atoms with Gasteiger partial charge in [-0.3, -0.25) is 9.59 Å². The van der Waals surface area contributed by atoms with Crippen LogP contribution in [0.3, 0.4) is 0 Å². The Kier molecular flexibility index (Phi) is 15.5. The van der Waals surface area contributed by atoms with Crippen LogP contribution in [0.5, 0.6) is 0 Å². The molecule has 0 fully saturated rings. The summed E-state index contributed by atoms with van der Waals surface area (Å²) in [7, 11) is 7.44. The Morgan fingerprint density at radius 2 is 1.44 bits per heavy atom. The predicted molar refractivity (Wildman–Crippen MR) is 103 cm³/mol. The van der Waals surface area contributed by atoms with Crippen molar-refractivity contribution in [1.82, 2.24) is 31.9 Å². The fourth-order valence-corrected chi connectivity index (χ4v) is 2.54. The van der Waals surface area contributed by atoms with Crippen LogP contribution in [0.2, 0.25) is 0 Å². The molecule has 0 aliphatic rings. The second-order valence-corrected chi connectivity index (χ2v) is 6.16. The highest BCUT2D eigenvalue weighted by molar-refractivity contribution is 5.81. The predicted octanol–water partition coefficient (Wildman–Crippen LogP) is -1.22. The van der Waals surface area contributed by atoms with Crippen LogP contribution in [0.4, 0.5) is 0 Å². The van der Waals surface area contributed by atoms with Crippen LogP contribution >= 0.6 is 0 Å². The van der Waals surface area contributed by atoms with E-state index in [1.165, 1.54) is 0 Å². The average molecular weight is 359 g/mol. The SMILES string of the molecule is CNCCC[C@H](NC)C(=O)NCCC[C@@H](CC(=O)NCCNC)NC. The molecular formula is C17H38N6O2. The molecule has 0 aromatic rings. The topological polar surface area (TPSA) is 106 Å². The van der Waals surface area contributed by atoms with Crippen LogP contribution in [0.25, 0.3) is 0 Å². The van der Waals surface area contributed by atoms with Gasteiger partial charge in [0, 0.05) is 32.1 Å². The van der Waals surface area contributed by atoms with Gasteiger partial charge in [0.25, 0.3) is 0 Å². The molecule has 0 bridgehead atoms. The van der Waals surface area contributed by atoms with Gasteiger partial charge in [-0.2, -0.15) is 0 Å². The Balaban J connectivity index is 3.93. The second kappa shape index (κ2) is 16.3. The van der Waals surface area contributed by atoms with E-state index in [0.717, 1.165) is 38.8 Å². The first-order valence-corrected chi connectivity index (χ1v) is 9.27. The standard InChI is InChI=1S/C17H38N6O2/c1-18-9-6-8-15(21-4)17(25)23-10-5-7-14(20-3)13-16(24)22-12-11-19-2/h14-15,18-21H,5-13H2,1-4H3,(H,22,24)(H,23,25)/t14-,15-/m0/s1. The molecule has 2 atom stereocenters. The van der Waals surface area contributed by atoms with Crippen molar-refractivity contribution in [2.45, 2.75) is 44.2 Å². The average Bonchev–Trinajstić information content (AvgIpc) is 2.61. The van der Waals surface area contributed by atoms with Gasteiger partial charge in [-0.15, -0.1) is 0 Å². The van der Waals surface area contributed by atoms with Crippen LogP contribution in [0.15, 0.2) is 0 Å². The monoisotopic (exact) mass is 358 g/mol. The molecule has 0 rings (SSSR count). The summed E-state index contributed by atoms with van der Waals surface area (Å²) < 4.78 is 0. The lowest BCUT2D eigenvalue weighted by atomic mass is 10.1. The fraction of sp³-hybridized carbons (Fsp3) is 0.882. The Bertz CT molecular complexity index is 354. The lowest BCUT2D eigenvalue weighted by molar-refractivity contribution is -0.123. The van der Waals surface area contributed by atoms with Crippen molar-refractivity contribution in [3.8, 4) is 0 Å². The molecule has 0 heterocycles. The third-order valence-corrected chi connectivity index (χ3v) is 4.15. The van der Waals surface area contributed by atoms with Crippen LogP contribution in [0, 0.1) is 0 Å². The number of nitrogens with one attached hydrogen (secondary N) is 6. The van der Waals surface area contributed by atoms with Crippen molar-refractivity contribution in [3.63, 3.8) is 0 Å². The molecular weight excluding hydrogens is 320 g/mol. The quantitative estimate of drug-likeness (QED) is 0.193. The Labute approximate surface area is 152 Å². The summed E-state index contributed by atoms with van der Waals surface area (Å²) in [5, 5.41) is 18.2. The van der Waals surface area contributed by atoms with E-state index in [1.807, 2.05) is 28.2 Å². The molecule has 0 saturated heterocycles. The molecule has 0 aliphatic carbocycles. The van der Waals surface area contributed by atoms with E-state index < -0.39 is 0 Å². The summed E-state index contributed by atoms with van der Waals surface area (Å²) >= 11 is 0. The van der Waals surface area contributed by atoms with Crippen LogP contribution < -0.4 is 31.9 Å². The molecule has 6 N–H and O–H groups in total. The van der Waals surface area contributed by atoms with Crippen LogP contribution in [-0.4, -0.2) is 78.3 Å². The summed E-state index contributed by atoms with van der Waals surface area (Å²) in [5.41, 5.74) is 0. The van der Waals surface area contributed by atoms with E-state index >= 15 is 0 Å². The van der Waals surface area contributed by atoms with Crippen molar-refractivity contribution >= 4 is 11.8 Å². The molecule has 0 spiro atoms. The van der Waals surface area contributed by atoms with Gasteiger partial charge in [0.05, 0.1) is 6.04 Å². The van der Waals surface area contributed by atoms with Crippen LogP contribution in [-0.2, 0) is 9.59 Å². The number of carbonyl (C=O) groups is 2. The first-order valence-electron chi connectivity index (χ1n) is 9.27. The van der Waals surface area contributed by atoms with Crippen molar-refractivity contribution in [3.05, 3.63) is 0 Å². The number of hydrogen-bond acceptors (Lipinski definition) is 6. The lowest BCUT2D eigenvalue weighted by Gasteiger charge is -2.18. The Hall–Kier alpha value is -1.22. The van der Waals surface area contributed by atoms with E-state index in [0.29, 0.717) is 19.5 Å². The smallest absolute Gasteiger partial charge is 0.237 e. The summed E-state index contributed by atoms with van der Waals surface area (Å²) in [6.45, 7) is 2.94. The first kappa shape index (κ1) is 23.8. The van der Waals surface area contributed by atoms with E-state index in [9.17, 15) is 9.59 Å². The number of amides is 2. The molecule has 0 aromatic carbocycles. The van der Waals surface area contributed by atoms with Gasteiger partial charge in [-0.1, -0.05) is 0 Å². The van der Waals surface area contributed by atoms with Gasteiger partial charge < -0.3 is 31.9 Å².